The van der Waals surface area contributed by atoms with E-state index in [4.69, 9.17) is 0 Å². The van der Waals surface area contributed by atoms with Crippen LogP contribution in [0.1, 0.15) is 11.1 Å². The van der Waals surface area contributed by atoms with Gasteiger partial charge in [-0.25, -0.2) is 4.68 Å². The molecule has 0 bridgehead atoms. The molecule has 0 aliphatic carbocycles. The second kappa shape index (κ2) is 4.37. The molecule has 0 aliphatic heterocycles. The van der Waals surface area contributed by atoms with Crippen LogP contribution < -0.4 is 0 Å². The molecule has 2 aromatic carbocycles. The molecule has 0 amide bonds. The number of alkyl halides is 3. The minimum Gasteiger partial charge on any atom is -0.233 e. The number of halogens is 3. The van der Waals surface area contributed by atoms with Gasteiger partial charge in [0.2, 0.25) is 0 Å². The van der Waals surface area contributed by atoms with Gasteiger partial charge in [-0.1, -0.05) is 12.1 Å². The highest BCUT2D eigenvalue weighted by Crippen LogP contribution is 2.30. The smallest absolute Gasteiger partial charge is 0.233 e. The van der Waals surface area contributed by atoms with Crippen LogP contribution in [-0.4, -0.2) is 9.78 Å². The monoisotopic (exact) mass is 276 g/mol. The van der Waals surface area contributed by atoms with Crippen molar-refractivity contribution in [2.24, 2.45) is 0 Å². The van der Waals surface area contributed by atoms with E-state index in [9.17, 15) is 13.2 Å². The van der Waals surface area contributed by atoms with Gasteiger partial charge in [-0.05, 0) is 42.8 Å². The van der Waals surface area contributed by atoms with Crippen LogP contribution >= 0.6 is 0 Å². The molecule has 0 atom stereocenters. The van der Waals surface area contributed by atoms with Gasteiger partial charge in [0.05, 0.1) is 23.0 Å². The van der Waals surface area contributed by atoms with Crippen molar-refractivity contribution < 1.29 is 13.2 Å². The van der Waals surface area contributed by atoms with Crippen molar-refractivity contribution in [2.45, 2.75) is 13.1 Å². The Labute approximate surface area is 113 Å². The fourth-order valence-corrected chi connectivity index (χ4v) is 2.19. The fourth-order valence-electron chi connectivity index (χ4n) is 2.19. The van der Waals surface area contributed by atoms with Crippen molar-refractivity contribution in [2.75, 3.05) is 0 Å². The van der Waals surface area contributed by atoms with E-state index in [1.54, 1.807) is 10.9 Å². The van der Waals surface area contributed by atoms with E-state index in [1.165, 1.54) is 12.1 Å². The second-order valence-corrected chi connectivity index (χ2v) is 4.61. The van der Waals surface area contributed by atoms with Crippen molar-refractivity contribution in [3.63, 3.8) is 0 Å². The van der Waals surface area contributed by atoms with E-state index < -0.39 is 11.7 Å². The summed E-state index contributed by atoms with van der Waals surface area (Å²) in [4.78, 5) is 0. The van der Waals surface area contributed by atoms with Gasteiger partial charge in [0.25, 0.3) is 0 Å². The molecule has 1 heterocycles. The van der Waals surface area contributed by atoms with Crippen molar-refractivity contribution in [1.82, 2.24) is 9.78 Å². The molecule has 102 valence electrons. The van der Waals surface area contributed by atoms with Crippen LogP contribution in [0.4, 0.5) is 13.2 Å². The Morgan fingerprint density at radius 2 is 1.70 bits per heavy atom. The number of nitrogens with zero attached hydrogens (tertiary/aromatic N) is 2. The number of benzene rings is 2. The Bertz CT molecular complexity index is 755. The van der Waals surface area contributed by atoms with Crippen LogP contribution in [0.15, 0.2) is 48.7 Å². The first-order valence-corrected chi connectivity index (χ1v) is 6.08. The summed E-state index contributed by atoms with van der Waals surface area (Å²) < 4.78 is 39.3. The first-order valence-electron chi connectivity index (χ1n) is 6.08. The lowest BCUT2D eigenvalue weighted by Gasteiger charge is -2.08. The van der Waals surface area contributed by atoms with Crippen LogP contribution in [0.2, 0.25) is 0 Å². The predicted octanol–water partition coefficient (Wildman–Crippen LogP) is 4.35. The van der Waals surface area contributed by atoms with Crippen LogP contribution in [0.3, 0.4) is 0 Å². The first kappa shape index (κ1) is 12.7. The van der Waals surface area contributed by atoms with Crippen LogP contribution in [-0.2, 0) is 6.18 Å². The fraction of sp³-hybridized carbons (Fsp3) is 0.133. The number of hydrogen-bond donors (Lipinski definition) is 0. The third-order valence-corrected chi connectivity index (χ3v) is 3.27. The van der Waals surface area contributed by atoms with Gasteiger partial charge in [0.1, 0.15) is 0 Å². The molecule has 0 radical (unpaired) electrons. The zero-order chi connectivity index (χ0) is 14.3. The molecule has 0 unspecified atom stereocenters. The highest BCUT2D eigenvalue weighted by atomic mass is 19.4. The van der Waals surface area contributed by atoms with E-state index in [0.717, 1.165) is 28.6 Å². The number of rotatable bonds is 1. The average molecular weight is 276 g/mol. The minimum atomic E-state index is -4.32. The number of aromatic nitrogens is 2. The summed E-state index contributed by atoms with van der Waals surface area (Å²) in [6.45, 7) is 1.97. The molecular formula is C15H11F3N2. The lowest BCUT2D eigenvalue weighted by Crippen LogP contribution is -2.05. The van der Waals surface area contributed by atoms with Crippen LogP contribution in [0, 0.1) is 6.92 Å². The van der Waals surface area contributed by atoms with Gasteiger partial charge in [0.15, 0.2) is 0 Å². The maximum absolute atomic E-state index is 12.5. The molecule has 0 spiro atoms. The summed E-state index contributed by atoms with van der Waals surface area (Å²) in [6.07, 6.45) is -2.59. The highest BCUT2D eigenvalue weighted by Gasteiger charge is 2.30. The van der Waals surface area contributed by atoms with Gasteiger partial charge < -0.3 is 0 Å². The quantitative estimate of drug-likeness (QED) is 0.646. The molecule has 3 rings (SSSR count). The van der Waals surface area contributed by atoms with Crippen LogP contribution in [0.5, 0.6) is 0 Å². The van der Waals surface area contributed by atoms with Gasteiger partial charge in [-0.15, -0.1) is 0 Å². The van der Waals surface area contributed by atoms with Crippen molar-refractivity contribution in [1.29, 1.82) is 0 Å². The lowest BCUT2D eigenvalue weighted by molar-refractivity contribution is -0.137. The lowest BCUT2D eigenvalue weighted by atomic mass is 10.1. The van der Waals surface area contributed by atoms with Crippen molar-refractivity contribution >= 4 is 10.9 Å². The summed E-state index contributed by atoms with van der Waals surface area (Å²) in [5, 5.41) is 5.25. The number of hydrogen-bond acceptors (Lipinski definition) is 1. The molecule has 1 aromatic heterocycles. The normalized spacial score (nSPS) is 12.0. The summed E-state index contributed by atoms with van der Waals surface area (Å²) in [5.41, 5.74) is 1.91. The SMILES string of the molecule is Cc1cccc2c1cnn2-c1ccc(C(F)(F)F)cc1. The van der Waals surface area contributed by atoms with Crippen molar-refractivity contribution in [3.05, 3.63) is 59.8 Å². The Balaban J connectivity index is 2.10. The Morgan fingerprint density at radius 1 is 1.00 bits per heavy atom. The predicted molar refractivity (Wildman–Crippen MR) is 70.8 cm³/mol. The van der Waals surface area contributed by atoms with E-state index in [-0.39, 0.29) is 0 Å². The van der Waals surface area contributed by atoms with Gasteiger partial charge in [0, 0.05) is 5.39 Å². The topological polar surface area (TPSA) is 17.8 Å². The Morgan fingerprint density at radius 3 is 2.35 bits per heavy atom. The molecule has 2 nitrogen and oxygen atoms in total. The maximum Gasteiger partial charge on any atom is 0.416 e. The molecule has 0 saturated carbocycles. The first-order chi connectivity index (χ1) is 9.47. The molecule has 5 heteroatoms. The standard InChI is InChI=1S/C15H11F3N2/c1-10-3-2-4-14-13(10)9-19-20(14)12-7-5-11(6-8-12)15(16,17)18/h2-9H,1H3. The molecule has 0 fully saturated rings. The highest BCUT2D eigenvalue weighted by molar-refractivity contribution is 5.83. The van der Waals surface area contributed by atoms with Gasteiger partial charge in [-0.3, -0.25) is 0 Å². The zero-order valence-corrected chi connectivity index (χ0v) is 10.6. The largest absolute Gasteiger partial charge is 0.416 e. The van der Waals surface area contributed by atoms with Crippen LogP contribution in [0.25, 0.3) is 16.6 Å². The zero-order valence-electron chi connectivity index (χ0n) is 10.6. The Kier molecular flexibility index (Phi) is 2.78. The third-order valence-electron chi connectivity index (χ3n) is 3.27. The average Bonchev–Trinajstić information content (AvgIpc) is 2.83. The molecule has 3 aromatic rings. The number of aryl methyl sites for hydroxylation is 1. The molecule has 0 N–H and O–H groups in total. The van der Waals surface area contributed by atoms with E-state index in [2.05, 4.69) is 5.10 Å². The second-order valence-electron chi connectivity index (χ2n) is 4.61. The molecule has 20 heavy (non-hydrogen) atoms. The van der Waals surface area contributed by atoms with Gasteiger partial charge in [-0.2, -0.15) is 18.3 Å². The van der Waals surface area contributed by atoms with Gasteiger partial charge >= 0.3 is 6.18 Å². The minimum absolute atomic E-state index is 0.610. The Hall–Kier alpha value is -2.30. The number of fused-ring (bicyclic) bond motifs is 1. The van der Waals surface area contributed by atoms with E-state index in [0.29, 0.717) is 5.69 Å². The summed E-state index contributed by atoms with van der Waals surface area (Å²) in [5.74, 6) is 0. The summed E-state index contributed by atoms with van der Waals surface area (Å²) in [6, 6.07) is 10.8. The molecular weight excluding hydrogens is 265 g/mol. The molecule has 0 aliphatic rings. The third kappa shape index (κ3) is 2.05. The summed E-state index contributed by atoms with van der Waals surface area (Å²) >= 11 is 0. The molecule has 0 saturated heterocycles. The van der Waals surface area contributed by atoms with E-state index >= 15 is 0 Å². The van der Waals surface area contributed by atoms with Crippen molar-refractivity contribution in [3.8, 4) is 5.69 Å². The maximum atomic E-state index is 12.5. The van der Waals surface area contributed by atoms with E-state index in [1.807, 2.05) is 25.1 Å². The summed E-state index contributed by atoms with van der Waals surface area (Å²) in [7, 11) is 0.